The number of amides is 1. The molecule has 1 aliphatic carbocycles. The molecule has 1 atom stereocenters. The van der Waals surface area contributed by atoms with E-state index in [0.717, 1.165) is 47.5 Å². The zero-order valence-corrected chi connectivity index (χ0v) is 16.9. The first kappa shape index (κ1) is 19.1. The number of para-hydroxylation sites is 1. The van der Waals surface area contributed by atoms with Crippen LogP contribution >= 0.6 is 0 Å². The molecule has 0 saturated heterocycles. The molecule has 6 heteroatoms. The summed E-state index contributed by atoms with van der Waals surface area (Å²) >= 11 is 0. The van der Waals surface area contributed by atoms with Crippen molar-refractivity contribution in [3.05, 3.63) is 71.0 Å². The largest absolute Gasteiger partial charge is 0.497 e. The van der Waals surface area contributed by atoms with Crippen LogP contribution in [-0.2, 0) is 12.8 Å². The summed E-state index contributed by atoms with van der Waals surface area (Å²) in [6, 6.07) is 15.3. The molecule has 150 valence electrons. The Hall–Kier alpha value is -3.28. The maximum Gasteiger partial charge on any atom is 0.272 e. The van der Waals surface area contributed by atoms with Gasteiger partial charge < -0.3 is 14.8 Å². The zero-order chi connectivity index (χ0) is 20.4. The fourth-order valence-corrected chi connectivity index (χ4v) is 3.92. The number of nitrogens with one attached hydrogen (secondary N) is 1. The number of hydrogen-bond donors (Lipinski definition) is 1. The van der Waals surface area contributed by atoms with E-state index < -0.39 is 0 Å². The SMILES string of the molecule is COc1ccc(OC)c([C@@H](C)NC(=O)c2nn(-c3ccccc3)c3c2CCC3)c1. The van der Waals surface area contributed by atoms with E-state index in [0.29, 0.717) is 11.4 Å². The third-order valence-electron chi connectivity index (χ3n) is 5.40. The second-order valence-corrected chi connectivity index (χ2v) is 7.18. The molecule has 4 rings (SSSR count). The molecule has 0 radical (unpaired) electrons. The molecule has 2 aromatic carbocycles. The predicted molar refractivity (Wildman–Crippen MR) is 111 cm³/mol. The van der Waals surface area contributed by atoms with Gasteiger partial charge in [0.05, 0.1) is 25.9 Å². The zero-order valence-electron chi connectivity index (χ0n) is 16.9. The van der Waals surface area contributed by atoms with Gasteiger partial charge in [0.15, 0.2) is 5.69 Å². The Morgan fingerprint density at radius 2 is 1.90 bits per heavy atom. The molecule has 0 bridgehead atoms. The number of methoxy groups -OCH3 is 2. The lowest BCUT2D eigenvalue weighted by molar-refractivity contribution is 0.0933. The van der Waals surface area contributed by atoms with Gasteiger partial charge in [0.2, 0.25) is 0 Å². The van der Waals surface area contributed by atoms with Crippen LogP contribution < -0.4 is 14.8 Å². The van der Waals surface area contributed by atoms with E-state index in [9.17, 15) is 4.79 Å². The van der Waals surface area contributed by atoms with Gasteiger partial charge in [-0.2, -0.15) is 5.10 Å². The summed E-state index contributed by atoms with van der Waals surface area (Å²) in [6.07, 6.45) is 2.85. The Balaban J connectivity index is 1.63. The fourth-order valence-electron chi connectivity index (χ4n) is 3.92. The Labute approximate surface area is 170 Å². The van der Waals surface area contributed by atoms with E-state index in [1.54, 1.807) is 14.2 Å². The molecule has 0 fully saturated rings. The molecule has 1 heterocycles. The second kappa shape index (κ2) is 7.99. The topological polar surface area (TPSA) is 65.4 Å². The van der Waals surface area contributed by atoms with E-state index in [1.807, 2.05) is 60.1 Å². The number of carbonyl (C=O) groups is 1. The van der Waals surface area contributed by atoms with Gasteiger partial charge >= 0.3 is 0 Å². The number of hydrogen-bond acceptors (Lipinski definition) is 4. The molecule has 1 N–H and O–H groups in total. The lowest BCUT2D eigenvalue weighted by atomic mass is 10.1. The number of fused-ring (bicyclic) bond motifs is 1. The molecule has 0 aliphatic heterocycles. The average Bonchev–Trinajstić information content (AvgIpc) is 3.36. The van der Waals surface area contributed by atoms with Crippen LogP contribution in [-0.4, -0.2) is 29.9 Å². The Morgan fingerprint density at radius 3 is 2.62 bits per heavy atom. The Kier molecular flexibility index (Phi) is 5.25. The highest BCUT2D eigenvalue weighted by atomic mass is 16.5. The number of nitrogens with zero attached hydrogens (tertiary/aromatic N) is 2. The minimum atomic E-state index is -0.258. The minimum Gasteiger partial charge on any atom is -0.497 e. The van der Waals surface area contributed by atoms with Crippen molar-refractivity contribution in [3.8, 4) is 17.2 Å². The van der Waals surface area contributed by atoms with Gasteiger partial charge in [0, 0.05) is 16.8 Å². The number of aromatic nitrogens is 2. The van der Waals surface area contributed by atoms with Gasteiger partial charge in [-0.15, -0.1) is 0 Å². The van der Waals surface area contributed by atoms with Crippen LogP contribution in [0.2, 0.25) is 0 Å². The summed E-state index contributed by atoms with van der Waals surface area (Å²) in [5, 5.41) is 7.76. The molecule has 1 aromatic heterocycles. The van der Waals surface area contributed by atoms with Gasteiger partial charge in [-0.25, -0.2) is 4.68 Å². The minimum absolute atomic E-state index is 0.171. The standard InChI is InChI=1S/C23H25N3O3/c1-15(19-14-17(28-2)12-13-21(19)29-3)24-23(27)22-18-10-7-11-20(18)26(25-22)16-8-5-4-6-9-16/h4-6,8-9,12-15H,7,10-11H2,1-3H3,(H,24,27)/t15-/m1/s1. The van der Waals surface area contributed by atoms with Crippen LogP contribution in [0.1, 0.15) is 46.7 Å². The first-order valence-electron chi connectivity index (χ1n) is 9.81. The third-order valence-corrected chi connectivity index (χ3v) is 5.40. The monoisotopic (exact) mass is 391 g/mol. The molecular formula is C23H25N3O3. The third kappa shape index (κ3) is 3.58. The number of carbonyl (C=O) groups excluding carboxylic acids is 1. The molecule has 29 heavy (non-hydrogen) atoms. The number of benzene rings is 2. The van der Waals surface area contributed by atoms with Crippen molar-refractivity contribution in [2.24, 2.45) is 0 Å². The maximum atomic E-state index is 13.1. The quantitative estimate of drug-likeness (QED) is 0.693. The summed E-state index contributed by atoms with van der Waals surface area (Å²) in [5.74, 6) is 1.25. The lowest BCUT2D eigenvalue weighted by Gasteiger charge is -2.18. The summed E-state index contributed by atoms with van der Waals surface area (Å²) in [4.78, 5) is 13.1. The van der Waals surface area contributed by atoms with Gasteiger partial charge in [0.25, 0.3) is 5.91 Å². The van der Waals surface area contributed by atoms with Crippen LogP contribution in [0.5, 0.6) is 11.5 Å². The van der Waals surface area contributed by atoms with Crippen molar-refractivity contribution < 1.29 is 14.3 Å². The van der Waals surface area contributed by atoms with E-state index in [1.165, 1.54) is 0 Å². The summed E-state index contributed by atoms with van der Waals surface area (Å²) in [5.41, 5.74) is 4.53. The summed E-state index contributed by atoms with van der Waals surface area (Å²) in [7, 11) is 3.24. The second-order valence-electron chi connectivity index (χ2n) is 7.18. The van der Waals surface area contributed by atoms with Crippen LogP contribution in [0.3, 0.4) is 0 Å². The van der Waals surface area contributed by atoms with Crippen molar-refractivity contribution in [2.75, 3.05) is 14.2 Å². The maximum absolute atomic E-state index is 13.1. The van der Waals surface area contributed by atoms with E-state index in [-0.39, 0.29) is 11.9 Å². The van der Waals surface area contributed by atoms with Gasteiger partial charge in [-0.1, -0.05) is 18.2 Å². The first-order chi connectivity index (χ1) is 14.1. The molecule has 0 spiro atoms. The molecule has 0 saturated carbocycles. The normalized spacial score (nSPS) is 13.6. The van der Waals surface area contributed by atoms with Crippen molar-refractivity contribution in [1.29, 1.82) is 0 Å². The van der Waals surface area contributed by atoms with Crippen molar-refractivity contribution in [1.82, 2.24) is 15.1 Å². The molecule has 3 aromatic rings. The lowest BCUT2D eigenvalue weighted by Crippen LogP contribution is -2.28. The molecule has 6 nitrogen and oxygen atoms in total. The van der Waals surface area contributed by atoms with Crippen LogP contribution in [0.4, 0.5) is 0 Å². The van der Waals surface area contributed by atoms with Crippen LogP contribution in [0, 0.1) is 0 Å². The van der Waals surface area contributed by atoms with E-state index in [2.05, 4.69) is 10.4 Å². The molecule has 1 aliphatic rings. The molecular weight excluding hydrogens is 366 g/mol. The first-order valence-corrected chi connectivity index (χ1v) is 9.81. The Morgan fingerprint density at radius 1 is 1.10 bits per heavy atom. The number of rotatable bonds is 6. The van der Waals surface area contributed by atoms with Crippen LogP contribution in [0.25, 0.3) is 5.69 Å². The van der Waals surface area contributed by atoms with E-state index in [4.69, 9.17) is 9.47 Å². The fraction of sp³-hybridized carbons (Fsp3) is 0.304. The molecule has 0 unspecified atom stereocenters. The highest BCUT2D eigenvalue weighted by Crippen LogP contribution is 2.31. The van der Waals surface area contributed by atoms with Crippen molar-refractivity contribution in [2.45, 2.75) is 32.2 Å². The van der Waals surface area contributed by atoms with Gasteiger partial charge in [0.1, 0.15) is 11.5 Å². The average molecular weight is 391 g/mol. The van der Waals surface area contributed by atoms with Gasteiger partial charge in [-0.05, 0) is 56.5 Å². The highest BCUT2D eigenvalue weighted by molar-refractivity contribution is 5.94. The summed E-state index contributed by atoms with van der Waals surface area (Å²) in [6.45, 7) is 1.93. The highest BCUT2D eigenvalue weighted by Gasteiger charge is 2.28. The Bertz CT molecular complexity index is 1030. The van der Waals surface area contributed by atoms with Gasteiger partial charge in [-0.3, -0.25) is 4.79 Å². The van der Waals surface area contributed by atoms with Crippen molar-refractivity contribution in [3.63, 3.8) is 0 Å². The smallest absolute Gasteiger partial charge is 0.272 e. The van der Waals surface area contributed by atoms with Crippen molar-refractivity contribution >= 4 is 5.91 Å². The predicted octanol–water partition coefficient (Wildman–Crippen LogP) is 3.87. The number of ether oxygens (including phenoxy) is 2. The molecule has 1 amide bonds. The summed E-state index contributed by atoms with van der Waals surface area (Å²) < 4.78 is 12.7. The van der Waals surface area contributed by atoms with E-state index >= 15 is 0 Å². The van der Waals surface area contributed by atoms with Crippen LogP contribution in [0.15, 0.2) is 48.5 Å².